The third kappa shape index (κ3) is 5.43. The maximum Gasteiger partial charge on any atom is 0.211 e. The average Bonchev–Trinajstić information content (AvgIpc) is 2.36. The van der Waals surface area contributed by atoms with Crippen LogP contribution in [0, 0.1) is 5.92 Å². The van der Waals surface area contributed by atoms with Crippen molar-refractivity contribution in [2.24, 2.45) is 5.92 Å². The molecule has 0 bridgehead atoms. The molecule has 1 fully saturated rings. The van der Waals surface area contributed by atoms with Gasteiger partial charge in [0.05, 0.1) is 11.4 Å². The molecule has 18 heavy (non-hydrogen) atoms. The summed E-state index contributed by atoms with van der Waals surface area (Å²) >= 11 is 5.47. The van der Waals surface area contributed by atoms with Crippen LogP contribution in [0.4, 0.5) is 0 Å². The minimum atomic E-state index is -3.29. The topological polar surface area (TPSA) is 66.4 Å². The van der Waals surface area contributed by atoms with E-state index in [1.165, 1.54) is 0 Å². The van der Waals surface area contributed by atoms with E-state index in [-0.39, 0.29) is 12.3 Å². The molecule has 0 aromatic rings. The van der Waals surface area contributed by atoms with Crippen molar-refractivity contribution in [3.05, 3.63) is 0 Å². The van der Waals surface area contributed by atoms with E-state index >= 15 is 0 Å². The zero-order valence-electron chi connectivity index (χ0n) is 11.0. The van der Waals surface area contributed by atoms with Crippen molar-refractivity contribution in [2.45, 2.75) is 51.0 Å². The van der Waals surface area contributed by atoms with Gasteiger partial charge in [-0.25, -0.2) is 13.1 Å². The van der Waals surface area contributed by atoms with Crippen molar-refractivity contribution in [2.75, 3.05) is 18.2 Å². The lowest BCUT2D eigenvalue weighted by Crippen LogP contribution is -2.45. The molecule has 6 heteroatoms. The van der Waals surface area contributed by atoms with Crippen LogP contribution >= 0.6 is 11.6 Å². The lowest BCUT2D eigenvalue weighted by Gasteiger charge is -2.35. The van der Waals surface area contributed by atoms with Gasteiger partial charge in [-0.1, -0.05) is 13.3 Å². The summed E-state index contributed by atoms with van der Waals surface area (Å²) < 4.78 is 25.7. The molecule has 1 aliphatic carbocycles. The summed E-state index contributed by atoms with van der Waals surface area (Å²) in [5.41, 5.74) is -0.861. The Balaban J connectivity index is 2.38. The van der Waals surface area contributed by atoms with Gasteiger partial charge in [0.1, 0.15) is 0 Å². The highest BCUT2D eigenvalue weighted by atomic mass is 35.5. The van der Waals surface area contributed by atoms with E-state index in [2.05, 4.69) is 11.6 Å². The molecule has 0 radical (unpaired) electrons. The van der Waals surface area contributed by atoms with Gasteiger partial charge >= 0.3 is 0 Å². The standard InChI is InChI=1S/C12H24ClNO3S/c1-2-11-4-6-12(15,7-5-11)10-14-18(16,17)9-3-8-13/h11,14-15H,2-10H2,1H3. The highest BCUT2D eigenvalue weighted by molar-refractivity contribution is 7.89. The fourth-order valence-electron chi connectivity index (χ4n) is 2.36. The maximum atomic E-state index is 11.6. The second kappa shape index (κ2) is 7.08. The largest absolute Gasteiger partial charge is 0.389 e. The number of alkyl halides is 1. The van der Waals surface area contributed by atoms with E-state index in [4.69, 9.17) is 11.6 Å². The molecule has 0 aliphatic heterocycles. The molecule has 0 spiro atoms. The fourth-order valence-corrected chi connectivity index (χ4v) is 3.81. The minimum Gasteiger partial charge on any atom is -0.389 e. The Kier molecular flexibility index (Phi) is 6.38. The van der Waals surface area contributed by atoms with Gasteiger partial charge in [-0.15, -0.1) is 11.6 Å². The van der Waals surface area contributed by atoms with Crippen LogP contribution in [0.3, 0.4) is 0 Å². The molecule has 0 saturated heterocycles. The van der Waals surface area contributed by atoms with Gasteiger partial charge in [-0.3, -0.25) is 0 Å². The predicted molar refractivity (Wildman–Crippen MR) is 74.3 cm³/mol. The Labute approximate surface area is 115 Å². The van der Waals surface area contributed by atoms with Crippen LogP contribution in [0.5, 0.6) is 0 Å². The van der Waals surface area contributed by atoms with E-state index in [1.807, 2.05) is 0 Å². The Bertz CT molecular complexity index is 337. The molecular weight excluding hydrogens is 274 g/mol. The molecule has 0 unspecified atom stereocenters. The van der Waals surface area contributed by atoms with Crippen LogP contribution in [0.25, 0.3) is 0 Å². The minimum absolute atomic E-state index is 0.0319. The summed E-state index contributed by atoms with van der Waals surface area (Å²) in [5.74, 6) is 1.05. The van der Waals surface area contributed by atoms with Gasteiger partial charge in [-0.05, 0) is 38.0 Å². The first kappa shape index (κ1) is 16.2. The zero-order chi connectivity index (χ0) is 13.6. The monoisotopic (exact) mass is 297 g/mol. The van der Waals surface area contributed by atoms with E-state index in [0.717, 1.165) is 19.3 Å². The first-order valence-electron chi connectivity index (χ1n) is 6.66. The van der Waals surface area contributed by atoms with E-state index in [9.17, 15) is 13.5 Å². The number of rotatable bonds is 7. The van der Waals surface area contributed by atoms with E-state index in [0.29, 0.717) is 31.1 Å². The molecule has 1 rings (SSSR count). The number of halogens is 1. The van der Waals surface area contributed by atoms with Gasteiger partial charge in [0.2, 0.25) is 10.0 Å². The predicted octanol–water partition coefficient (Wildman–Crippen LogP) is 1.87. The Morgan fingerprint density at radius 1 is 1.39 bits per heavy atom. The number of nitrogens with one attached hydrogen (secondary N) is 1. The number of sulfonamides is 1. The summed E-state index contributed by atoms with van der Waals surface area (Å²) in [7, 11) is -3.29. The van der Waals surface area contributed by atoms with E-state index < -0.39 is 15.6 Å². The van der Waals surface area contributed by atoms with Crippen LogP contribution in [0.1, 0.15) is 45.4 Å². The molecule has 0 amide bonds. The van der Waals surface area contributed by atoms with Crippen molar-refractivity contribution in [3.8, 4) is 0 Å². The summed E-state index contributed by atoms with van der Waals surface area (Å²) in [5, 5.41) is 10.3. The van der Waals surface area contributed by atoms with Crippen molar-refractivity contribution in [1.29, 1.82) is 0 Å². The summed E-state index contributed by atoms with van der Waals surface area (Å²) in [6.07, 6.45) is 4.91. The Morgan fingerprint density at radius 3 is 2.50 bits per heavy atom. The third-order valence-corrected chi connectivity index (χ3v) is 5.46. The molecule has 4 nitrogen and oxygen atoms in total. The number of hydrogen-bond acceptors (Lipinski definition) is 3. The van der Waals surface area contributed by atoms with Crippen molar-refractivity contribution in [1.82, 2.24) is 4.72 Å². The summed E-state index contributed by atoms with van der Waals surface area (Å²) in [6, 6.07) is 0. The van der Waals surface area contributed by atoms with Crippen molar-refractivity contribution in [3.63, 3.8) is 0 Å². The summed E-state index contributed by atoms with van der Waals surface area (Å²) in [6.45, 7) is 2.29. The van der Waals surface area contributed by atoms with Crippen molar-refractivity contribution < 1.29 is 13.5 Å². The van der Waals surface area contributed by atoms with Crippen LogP contribution in [0.2, 0.25) is 0 Å². The van der Waals surface area contributed by atoms with Gasteiger partial charge in [-0.2, -0.15) is 0 Å². The normalized spacial score (nSPS) is 29.4. The van der Waals surface area contributed by atoms with Crippen LogP contribution in [-0.2, 0) is 10.0 Å². The Morgan fingerprint density at radius 2 is 2.00 bits per heavy atom. The van der Waals surface area contributed by atoms with Crippen LogP contribution in [-0.4, -0.2) is 37.3 Å². The second-order valence-corrected chi connectivity index (χ2v) is 7.56. The molecule has 2 N–H and O–H groups in total. The lowest BCUT2D eigenvalue weighted by molar-refractivity contribution is -0.00442. The molecule has 0 aromatic heterocycles. The third-order valence-electron chi connectivity index (χ3n) is 3.78. The van der Waals surface area contributed by atoms with Gasteiger partial charge in [0.15, 0.2) is 0 Å². The highest BCUT2D eigenvalue weighted by Crippen LogP contribution is 2.33. The first-order valence-corrected chi connectivity index (χ1v) is 8.85. The quantitative estimate of drug-likeness (QED) is 0.705. The van der Waals surface area contributed by atoms with Gasteiger partial charge in [0.25, 0.3) is 0 Å². The summed E-state index contributed by atoms with van der Waals surface area (Å²) in [4.78, 5) is 0. The zero-order valence-corrected chi connectivity index (χ0v) is 12.6. The van der Waals surface area contributed by atoms with Gasteiger partial charge < -0.3 is 5.11 Å². The molecular formula is C12H24ClNO3S. The molecule has 0 heterocycles. The van der Waals surface area contributed by atoms with Crippen molar-refractivity contribution >= 4 is 21.6 Å². The fraction of sp³-hybridized carbons (Fsp3) is 1.00. The smallest absolute Gasteiger partial charge is 0.211 e. The van der Waals surface area contributed by atoms with Gasteiger partial charge in [0, 0.05) is 12.4 Å². The highest BCUT2D eigenvalue weighted by Gasteiger charge is 2.33. The number of hydrogen-bond donors (Lipinski definition) is 2. The van der Waals surface area contributed by atoms with Crippen LogP contribution in [0.15, 0.2) is 0 Å². The van der Waals surface area contributed by atoms with E-state index in [1.54, 1.807) is 0 Å². The maximum absolute atomic E-state index is 11.6. The van der Waals surface area contributed by atoms with Crippen LogP contribution < -0.4 is 4.72 Å². The molecule has 0 atom stereocenters. The second-order valence-electron chi connectivity index (χ2n) is 5.26. The Hall–Kier alpha value is 0.160. The molecule has 108 valence electrons. The lowest BCUT2D eigenvalue weighted by atomic mass is 9.78. The first-order chi connectivity index (χ1) is 8.41. The molecule has 1 aliphatic rings. The average molecular weight is 298 g/mol. The molecule has 0 aromatic carbocycles. The SMILES string of the molecule is CCC1CCC(O)(CNS(=O)(=O)CCCCl)CC1. The molecule has 1 saturated carbocycles. The number of aliphatic hydroxyl groups is 1.